The van der Waals surface area contributed by atoms with Crippen molar-refractivity contribution in [3.8, 4) is 11.8 Å². The van der Waals surface area contributed by atoms with Gasteiger partial charge in [-0.15, -0.1) is 9.35 Å². The molecule has 1 aliphatic heterocycles. The SMILES string of the molecule is CCCCCC(=O)NCC#Cc1ccc2c3c(cccc13)C(=O)N(OS(C)(=O)=O)C2=O. The van der Waals surface area contributed by atoms with E-state index in [0.29, 0.717) is 22.8 Å². The van der Waals surface area contributed by atoms with Crippen molar-refractivity contribution >= 4 is 38.6 Å². The van der Waals surface area contributed by atoms with E-state index in [1.807, 2.05) is 0 Å². The summed E-state index contributed by atoms with van der Waals surface area (Å²) in [4.78, 5) is 37.1. The van der Waals surface area contributed by atoms with Crippen LogP contribution in [0, 0.1) is 11.8 Å². The summed E-state index contributed by atoms with van der Waals surface area (Å²) < 4.78 is 27.5. The van der Waals surface area contributed by atoms with Gasteiger partial charge in [0.05, 0.1) is 23.9 Å². The number of rotatable bonds is 7. The van der Waals surface area contributed by atoms with Crippen LogP contribution in [0.5, 0.6) is 0 Å². The summed E-state index contributed by atoms with van der Waals surface area (Å²) >= 11 is 0. The van der Waals surface area contributed by atoms with Crippen molar-refractivity contribution in [2.45, 2.75) is 32.6 Å². The molecule has 2 aromatic carbocycles. The number of imide groups is 1. The molecule has 162 valence electrons. The van der Waals surface area contributed by atoms with Crippen LogP contribution in [-0.2, 0) is 19.2 Å². The number of amides is 3. The highest BCUT2D eigenvalue weighted by Gasteiger charge is 2.36. The van der Waals surface area contributed by atoms with Crippen molar-refractivity contribution in [1.82, 2.24) is 10.4 Å². The number of benzene rings is 2. The van der Waals surface area contributed by atoms with Gasteiger partial charge in [-0.25, -0.2) is 0 Å². The van der Waals surface area contributed by atoms with Crippen molar-refractivity contribution in [2.75, 3.05) is 12.8 Å². The number of unbranched alkanes of at least 4 members (excludes halogenated alkanes) is 2. The van der Waals surface area contributed by atoms with Gasteiger partial charge in [0.25, 0.3) is 21.9 Å². The van der Waals surface area contributed by atoms with Crippen LogP contribution in [0.4, 0.5) is 0 Å². The monoisotopic (exact) mass is 442 g/mol. The fourth-order valence-corrected chi connectivity index (χ4v) is 3.70. The Balaban J connectivity index is 1.87. The third-order valence-corrected chi connectivity index (χ3v) is 5.10. The maximum atomic E-state index is 12.7. The second kappa shape index (κ2) is 9.29. The molecule has 31 heavy (non-hydrogen) atoms. The Labute approximate surface area is 180 Å². The zero-order chi connectivity index (χ0) is 22.6. The second-order valence-electron chi connectivity index (χ2n) is 7.11. The fraction of sp³-hybridized carbons (Fsp3) is 0.318. The molecule has 0 saturated carbocycles. The number of carbonyl (C=O) groups is 3. The molecule has 3 rings (SSSR count). The lowest BCUT2D eigenvalue weighted by Gasteiger charge is -2.25. The molecule has 9 heteroatoms. The van der Waals surface area contributed by atoms with Crippen molar-refractivity contribution in [2.24, 2.45) is 0 Å². The zero-order valence-electron chi connectivity index (χ0n) is 17.2. The third-order valence-electron chi connectivity index (χ3n) is 4.68. The van der Waals surface area contributed by atoms with Gasteiger partial charge >= 0.3 is 0 Å². The van der Waals surface area contributed by atoms with Crippen molar-refractivity contribution in [1.29, 1.82) is 0 Å². The number of hydrogen-bond acceptors (Lipinski definition) is 6. The quantitative estimate of drug-likeness (QED) is 0.401. The van der Waals surface area contributed by atoms with Crippen molar-refractivity contribution < 1.29 is 27.1 Å². The third kappa shape index (κ3) is 5.10. The molecule has 0 atom stereocenters. The smallest absolute Gasteiger partial charge is 0.286 e. The Kier molecular flexibility index (Phi) is 6.73. The van der Waals surface area contributed by atoms with Crippen LogP contribution >= 0.6 is 0 Å². The number of carbonyl (C=O) groups excluding carboxylic acids is 3. The highest BCUT2D eigenvalue weighted by atomic mass is 32.2. The lowest BCUT2D eigenvalue weighted by Crippen LogP contribution is -2.41. The standard InChI is InChI=1S/C22H22N2O6S/c1-3-4-5-11-19(25)23-14-7-8-15-12-13-18-20-16(15)9-6-10-17(20)21(26)24(22(18)27)30-31(2,28)29/h6,9-10,12-13H,3-5,11,14H2,1-2H3,(H,23,25). The minimum absolute atomic E-state index is 0.0539. The topological polar surface area (TPSA) is 110 Å². The Bertz CT molecular complexity index is 1200. The van der Waals surface area contributed by atoms with E-state index in [1.165, 1.54) is 12.1 Å². The number of nitrogens with one attached hydrogen (secondary N) is 1. The molecular formula is C22H22N2O6S. The molecule has 0 fully saturated rings. The minimum atomic E-state index is -4.07. The lowest BCUT2D eigenvalue weighted by molar-refractivity contribution is -0.120. The van der Waals surface area contributed by atoms with Crippen LogP contribution in [0.15, 0.2) is 30.3 Å². The van der Waals surface area contributed by atoms with E-state index in [2.05, 4.69) is 28.4 Å². The van der Waals surface area contributed by atoms with Crippen LogP contribution in [-0.4, -0.2) is 44.0 Å². The summed E-state index contributed by atoms with van der Waals surface area (Å²) in [6.07, 6.45) is 4.11. The molecule has 2 aromatic rings. The zero-order valence-corrected chi connectivity index (χ0v) is 18.0. The van der Waals surface area contributed by atoms with Gasteiger partial charge in [-0.05, 0) is 30.0 Å². The molecule has 3 amide bonds. The van der Waals surface area contributed by atoms with E-state index < -0.39 is 21.9 Å². The van der Waals surface area contributed by atoms with Gasteiger partial charge in [-0.1, -0.05) is 43.7 Å². The molecule has 1 N–H and O–H groups in total. The first kappa shape index (κ1) is 22.5. The van der Waals surface area contributed by atoms with Gasteiger partial charge < -0.3 is 5.32 Å². The van der Waals surface area contributed by atoms with E-state index in [4.69, 9.17) is 0 Å². The van der Waals surface area contributed by atoms with E-state index in [1.54, 1.807) is 18.2 Å². The maximum absolute atomic E-state index is 12.7. The molecule has 0 aromatic heterocycles. The maximum Gasteiger partial charge on any atom is 0.286 e. The first-order chi connectivity index (χ1) is 14.7. The molecule has 1 aliphatic rings. The molecule has 0 aliphatic carbocycles. The summed E-state index contributed by atoms with van der Waals surface area (Å²) in [5.74, 6) is 4.07. The Hall–Kier alpha value is -3.22. The Morgan fingerprint density at radius 1 is 1.10 bits per heavy atom. The van der Waals surface area contributed by atoms with E-state index >= 15 is 0 Å². The Morgan fingerprint density at radius 3 is 2.48 bits per heavy atom. The first-order valence-electron chi connectivity index (χ1n) is 9.82. The number of hydrogen-bond donors (Lipinski definition) is 1. The van der Waals surface area contributed by atoms with Gasteiger partial charge in [0.2, 0.25) is 5.91 Å². The summed E-state index contributed by atoms with van der Waals surface area (Å²) in [5, 5.41) is 3.97. The van der Waals surface area contributed by atoms with E-state index in [0.717, 1.165) is 25.5 Å². The van der Waals surface area contributed by atoms with Crippen molar-refractivity contribution in [3.05, 3.63) is 47.0 Å². The molecule has 0 unspecified atom stereocenters. The molecule has 1 heterocycles. The van der Waals surface area contributed by atoms with Gasteiger partial charge in [0.15, 0.2) is 0 Å². The summed E-state index contributed by atoms with van der Waals surface area (Å²) in [6.45, 7) is 2.25. The predicted molar refractivity (Wildman–Crippen MR) is 114 cm³/mol. The molecule has 8 nitrogen and oxygen atoms in total. The Morgan fingerprint density at radius 2 is 1.81 bits per heavy atom. The highest BCUT2D eigenvalue weighted by Crippen LogP contribution is 2.32. The average Bonchev–Trinajstić information content (AvgIpc) is 2.72. The summed E-state index contributed by atoms with van der Waals surface area (Å²) in [6, 6.07) is 7.93. The number of nitrogens with zero attached hydrogens (tertiary/aromatic N) is 1. The molecule has 0 saturated heterocycles. The summed E-state index contributed by atoms with van der Waals surface area (Å²) in [5.41, 5.74) is 0.867. The van der Waals surface area contributed by atoms with Gasteiger partial charge in [0.1, 0.15) is 0 Å². The van der Waals surface area contributed by atoms with Gasteiger partial charge in [-0.3, -0.25) is 14.4 Å². The molecular weight excluding hydrogens is 420 g/mol. The van der Waals surface area contributed by atoms with Crippen LogP contribution < -0.4 is 5.32 Å². The average molecular weight is 442 g/mol. The van der Waals surface area contributed by atoms with Gasteiger partial charge in [0, 0.05) is 17.4 Å². The second-order valence-corrected chi connectivity index (χ2v) is 8.67. The van der Waals surface area contributed by atoms with E-state index in [9.17, 15) is 22.8 Å². The molecule has 0 spiro atoms. The van der Waals surface area contributed by atoms with Crippen LogP contribution in [0.2, 0.25) is 0 Å². The molecule has 0 bridgehead atoms. The predicted octanol–water partition coefficient (Wildman–Crippen LogP) is 2.38. The van der Waals surface area contributed by atoms with E-state index in [-0.39, 0.29) is 28.6 Å². The van der Waals surface area contributed by atoms with Crippen LogP contribution in [0.1, 0.15) is 58.9 Å². The summed E-state index contributed by atoms with van der Waals surface area (Å²) in [7, 11) is -4.07. The van der Waals surface area contributed by atoms with Crippen molar-refractivity contribution in [3.63, 3.8) is 0 Å². The van der Waals surface area contributed by atoms with Gasteiger partial charge in [-0.2, -0.15) is 8.42 Å². The lowest BCUT2D eigenvalue weighted by atomic mass is 9.92. The number of hydroxylamine groups is 2. The normalized spacial score (nSPS) is 13.2. The highest BCUT2D eigenvalue weighted by molar-refractivity contribution is 7.85. The van der Waals surface area contributed by atoms with Crippen LogP contribution in [0.25, 0.3) is 10.8 Å². The van der Waals surface area contributed by atoms with Crippen LogP contribution in [0.3, 0.4) is 0 Å². The minimum Gasteiger partial charge on any atom is -0.345 e. The largest absolute Gasteiger partial charge is 0.345 e. The molecule has 0 radical (unpaired) electrons. The first-order valence-corrected chi connectivity index (χ1v) is 11.6. The fourth-order valence-electron chi connectivity index (χ4n) is 3.29.